The van der Waals surface area contributed by atoms with Crippen molar-refractivity contribution < 1.29 is 17.9 Å². The van der Waals surface area contributed by atoms with Gasteiger partial charge in [-0.2, -0.15) is 4.98 Å². The van der Waals surface area contributed by atoms with E-state index in [-0.39, 0.29) is 5.95 Å². The Morgan fingerprint density at radius 2 is 2.00 bits per heavy atom. The van der Waals surface area contributed by atoms with E-state index in [0.29, 0.717) is 35.3 Å². The highest BCUT2D eigenvalue weighted by Gasteiger charge is 2.21. The average molecular weight is 499 g/mol. The number of carbonyl (C=O) groups excluding carboxylic acids is 1. The van der Waals surface area contributed by atoms with E-state index in [1.54, 1.807) is 39.1 Å². The molecule has 4 aromatic heterocycles. The maximum atomic E-state index is 12.0. The number of fused-ring (bicyclic) bond motifs is 1. The van der Waals surface area contributed by atoms with Crippen LogP contribution in [0.25, 0.3) is 28.5 Å². The predicted octanol–water partition coefficient (Wildman–Crippen LogP) is 4.24. The van der Waals surface area contributed by atoms with Gasteiger partial charge >= 0.3 is 6.09 Å². The quantitative estimate of drug-likeness (QED) is 0.291. The van der Waals surface area contributed by atoms with Crippen LogP contribution < -0.4 is 9.50 Å². The SMILES string of the molecule is CCOSOc1ccc(-n2cnc(NC(=O)OC(C)(C)C)n2)nc1-c1nc2cc(C)cnc2n1C. The molecule has 4 heterocycles. The van der Waals surface area contributed by atoms with E-state index < -0.39 is 11.7 Å². The van der Waals surface area contributed by atoms with Crippen LogP contribution in [0.3, 0.4) is 0 Å². The third-order valence-corrected chi connectivity index (χ3v) is 5.11. The van der Waals surface area contributed by atoms with Gasteiger partial charge in [0.05, 0.1) is 6.61 Å². The molecule has 4 rings (SSSR count). The Labute approximate surface area is 206 Å². The molecule has 0 spiro atoms. The van der Waals surface area contributed by atoms with Gasteiger partial charge in [-0.1, -0.05) is 0 Å². The smallest absolute Gasteiger partial charge is 0.414 e. The third-order valence-electron chi connectivity index (χ3n) is 4.53. The predicted molar refractivity (Wildman–Crippen MR) is 131 cm³/mol. The van der Waals surface area contributed by atoms with Gasteiger partial charge in [0.15, 0.2) is 28.7 Å². The van der Waals surface area contributed by atoms with Gasteiger partial charge in [-0.15, -0.1) is 5.10 Å². The van der Waals surface area contributed by atoms with Gasteiger partial charge in [-0.25, -0.2) is 24.4 Å². The van der Waals surface area contributed by atoms with E-state index >= 15 is 0 Å². The van der Waals surface area contributed by atoms with E-state index in [1.165, 1.54) is 11.0 Å². The molecule has 0 fully saturated rings. The summed E-state index contributed by atoms with van der Waals surface area (Å²) >= 11 is 0.859. The fourth-order valence-electron chi connectivity index (χ4n) is 3.11. The Bertz CT molecular complexity index is 1360. The molecule has 0 aliphatic carbocycles. The minimum Gasteiger partial charge on any atom is -0.444 e. The second-order valence-electron chi connectivity index (χ2n) is 8.56. The van der Waals surface area contributed by atoms with Crippen molar-refractivity contribution in [3.05, 3.63) is 36.3 Å². The summed E-state index contributed by atoms with van der Waals surface area (Å²) in [5.41, 5.74) is 2.27. The molecule has 4 aromatic rings. The summed E-state index contributed by atoms with van der Waals surface area (Å²) in [5.74, 6) is 1.53. The molecule has 0 radical (unpaired) electrons. The second-order valence-corrected chi connectivity index (χ2v) is 9.10. The van der Waals surface area contributed by atoms with E-state index in [4.69, 9.17) is 23.1 Å². The number of hydrogen-bond donors (Lipinski definition) is 1. The highest BCUT2D eigenvalue weighted by atomic mass is 32.2. The molecule has 0 bridgehead atoms. The molecule has 0 saturated heterocycles. The van der Waals surface area contributed by atoms with E-state index in [0.717, 1.165) is 23.4 Å². The largest absolute Gasteiger partial charge is 0.444 e. The minimum atomic E-state index is -0.650. The van der Waals surface area contributed by atoms with Crippen molar-refractivity contribution in [2.75, 3.05) is 11.9 Å². The van der Waals surface area contributed by atoms with Gasteiger partial charge in [0.2, 0.25) is 12.3 Å². The number of nitrogens with one attached hydrogen (secondary N) is 1. The third kappa shape index (κ3) is 5.69. The Balaban J connectivity index is 1.70. The number of pyridine rings is 2. The fourth-order valence-corrected chi connectivity index (χ4v) is 3.47. The van der Waals surface area contributed by atoms with Gasteiger partial charge in [0, 0.05) is 13.2 Å². The molecule has 1 N–H and O–H groups in total. The van der Waals surface area contributed by atoms with E-state index in [1.807, 2.05) is 31.5 Å². The van der Waals surface area contributed by atoms with Crippen molar-refractivity contribution in [3.63, 3.8) is 0 Å². The summed E-state index contributed by atoms with van der Waals surface area (Å²) in [5, 5.41) is 6.80. The van der Waals surface area contributed by atoms with Crippen LogP contribution in [-0.4, -0.2) is 52.6 Å². The summed E-state index contributed by atoms with van der Waals surface area (Å²) in [6, 6.07) is 5.41. The Morgan fingerprint density at radius 3 is 2.74 bits per heavy atom. The van der Waals surface area contributed by atoms with Gasteiger partial charge in [0.25, 0.3) is 5.95 Å². The molecule has 0 aliphatic rings. The van der Waals surface area contributed by atoms with Crippen molar-refractivity contribution in [1.29, 1.82) is 0 Å². The Kier molecular flexibility index (Phi) is 6.89. The van der Waals surface area contributed by atoms with Crippen LogP contribution in [0.2, 0.25) is 0 Å². The molecule has 0 aliphatic heterocycles. The first-order valence-electron chi connectivity index (χ1n) is 10.8. The molecule has 184 valence electrons. The van der Waals surface area contributed by atoms with Crippen molar-refractivity contribution in [3.8, 4) is 23.1 Å². The maximum absolute atomic E-state index is 12.0. The number of aryl methyl sites for hydroxylation is 2. The topological polar surface area (TPSA) is 131 Å². The van der Waals surface area contributed by atoms with Crippen LogP contribution in [0.4, 0.5) is 10.7 Å². The minimum absolute atomic E-state index is 0.0808. The maximum Gasteiger partial charge on any atom is 0.414 e. The van der Waals surface area contributed by atoms with Crippen LogP contribution in [0.15, 0.2) is 30.7 Å². The lowest BCUT2D eigenvalue weighted by Gasteiger charge is -2.18. The second kappa shape index (κ2) is 9.88. The monoisotopic (exact) mass is 498 g/mol. The number of imidazole rings is 1. The fraction of sp³-hybridized carbons (Fsp3) is 0.364. The number of nitrogens with zero attached hydrogens (tertiary/aromatic N) is 7. The summed E-state index contributed by atoms with van der Waals surface area (Å²) in [6.07, 6.45) is 2.58. The number of anilines is 1. The average Bonchev–Trinajstić information content (AvgIpc) is 3.37. The van der Waals surface area contributed by atoms with Crippen LogP contribution in [-0.2, 0) is 16.0 Å². The van der Waals surface area contributed by atoms with Gasteiger partial charge in [-0.3, -0.25) is 9.50 Å². The summed E-state index contributed by atoms with van der Waals surface area (Å²) in [6.45, 7) is 9.62. The number of rotatable bonds is 7. The zero-order chi connectivity index (χ0) is 25.2. The van der Waals surface area contributed by atoms with Crippen LogP contribution in [0.1, 0.15) is 33.3 Å². The standard InChI is InChI=1S/C22H26N8O4S/c1-7-32-35-34-15-8-9-16(30-12-24-20(28-30)27-21(31)33-22(3,4)5)26-17(15)19-25-14-10-13(2)11-23-18(14)29(19)6/h8-12H,7H2,1-6H3,(H,27,28,31). The molecular weight excluding hydrogens is 472 g/mol. The normalized spacial score (nSPS) is 11.6. The lowest BCUT2D eigenvalue weighted by molar-refractivity contribution is 0.0634. The lowest BCUT2D eigenvalue weighted by Crippen LogP contribution is -2.27. The first-order valence-corrected chi connectivity index (χ1v) is 11.5. The van der Waals surface area contributed by atoms with Crippen LogP contribution in [0.5, 0.6) is 5.75 Å². The summed E-state index contributed by atoms with van der Waals surface area (Å²) < 4.78 is 19.5. The lowest BCUT2D eigenvalue weighted by atomic mass is 10.2. The Morgan fingerprint density at radius 1 is 1.20 bits per heavy atom. The van der Waals surface area contributed by atoms with E-state index in [2.05, 4.69) is 20.4 Å². The number of carbonyl (C=O) groups is 1. The van der Waals surface area contributed by atoms with Crippen molar-refractivity contribution >= 4 is 35.5 Å². The summed E-state index contributed by atoms with van der Waals surface area (Å²) in [7, 11) is 1.86. The molecule has 12 nitrogen and oxygen atoms in total. The molecule has 1 amide bonds. The van der Waals surface area contributed by atoms with Gasteiger partial charge < -0.3 is 13.5 Å². The van der Waals surface area contributed by atoms with Crippen LogP contribution >= 0.6 is 12.3 Å². The summed E-state index contributed by atoms with van der Waals surface area (Å²) in [4.78, 5) is 30.1. The number of ether oxygens (including phenoxy) is 1. The van der Waals surface area contributed by atoms with Crippen molar-refractivity contribution in [2.45, 2.75) is 40.2 Å². The molecule has 0 atom stereocenters. The van der Waals surface area contributed by atoms with Crippen molar-refractivity contribution in [2.24, 2.45) is 7.05 Å². The number of hydrogen-bond acceptors (Lipinski definition) is 10. The molecule has 0 unspecified atom stereocenters. The molecular formula is C22H26N8O4S. The van der Waals surface area contributed by atoms with Gasteiger partial charge in [0.1, 0.15) is 17.4 Å². The molecule has 0 aromatic carbocycles. The van der Waals surface area contributed by atoms with Gasteiger partial charge in [-0.05, 0) is 58.4 Å². The van der Waals surface area contributed by atoms with E-state index in [9.17, 15) is 4.79 Å². The number of amides is 1. The molecule has 0 saturated carbocycles. The van der Waals surface area contributed by atoms with Crippen molar-refractivity contribution in [1.82, 2.24) is 34.3 Å². The zero-order valence-corrected chi connectivity index (χ0v) is 21.1. The van der Waals surface area contributed by atoms with Crippen LogP contribution in [0, 0.1) is 6.92 Å². The highest BCUT2D eigenvalue weighted by molar-refractivity contribution is 7.90. The molecule has 35 heavy (non-hydrogen) atoms. The zero-order valence-electron chi connectivity index (χ0n) is 20.3. The number of aromatic nitrogens is 7. The highest BCUT2D eigenvalue weighted by Crippen LogP contribution is 2.32. The molecule has 13 heteroatoms. The first-order chi connectivity index (χ1) is 16.6. The first kappa shape index (κ1) is 24.4. The Hall–Kier alpha value is -3.71.